The Morgan fingerprint density at radius 1 is 1.10 bits per heavy atom. The van der Waals surface area contributed by atoms with Crippen LogP contribution in [0.2, 0.25) is 0 Å². The SMILES string of the molecule is CCCCCNCC(O)c1ccccc1.O=C(O)C(=O)O. The fraction of sp³-hybridized carbons (Fsp3) is 0.467. The third kappa shape index (κ3) is 10.5. The Balaban J connectivity index is 0.000000567. The number of carboxylic acids is 2. The maximum atomic E-state index is 9.81. The average Bonchev–Trinajstić information content (AvgIpc) is 2.48. The van der Waals surface area contributed by atoms with Crippen molar-refractivity contribution in [2.24, 2.45) is 0 Å². The number of hydrogen-bond acceptors (Lipinski definition) is 4. The van der Waals surface area contributed by atoms with Gasteiger partial charge < -0.3 is 20.6 Å². The molecule has 0 aromatic heterocycles. The minimum atomic E-state index is -1.82. The van der Waals surface area contributed by atoms with Crippen molar-refractivity contribution >= 4 is 11.9 Å². The van der Waals surface area contributed by atoms with Gasteiger partial charge in [0.15, 0.2) is 0 Å². The summed E-state index contributed by atoms with van der Waals surface area (Å²) >= 11 is 0. The van der Waals surface area contributed by atoms with Crippen molar-refractivity contribution in [1.29, 1.82) is 0 Å². The number of rotatable bonds is 7. The maximum Gasteiger partial charge on any atom is 0.414 e. The highest BCUT2D eigenvalue weighted by atomic mass is 16.4. The van der Waals surface area contributed by atoms with Gasteiger partial charge in [-0.15, -0.1) is 0 Å². The summed E-state index contributed by atoms with van der Waals surface area (Å²) in [5.74, 6) is -3.65. The summed E-state index contributed by atoms with van der Waals surface area (Å²) in [7, 11) is 0. The van der Waals surface area contributed by atoms with Crippen molar-refractivity contribution in [2.75, 3.05) is 13.1 Å². The monoisotopic (exact) mass is 297 g/mol. The van der Waals surface area contributed by atoms with Crippen LogP contribution in [-0.4, -0.2) is 40.3 Å². The van der Waals surface area contributed by atoms with E-state index in [1.165, 1.54) is 19.3 Å². The van der Waals surface area contributed by atoms with Gasteiger partial charge in [0.25, 0.3) is 0 Å². The quantitative estimate of drug-likeness (QED) is 0.450. The third-order valence-corrected chi connectivity index (χ3v) is 2.66. The number of benzene rings is 1. The lowest BCUT2D eigenvalue weighted by atomic mass is 10.1. The van der Waals surface area contributed by atoms with Crippen LogP contribution in [0.1, 0.15) is 37.9 Å². The predicted octanol–water partition coefficient (Wildman–Crippen LogP) is 1.66. The van der Waals surface area contributed by atoms with Crippen molar-refractivity contribution < 1.29 is 24.9 Å². The molecule has 0 fully saturated rings. The van der Waals surface area contributed by atoms with Crippen LogP contribution in [0.3, 0.4) is 0 Å². The number of aliphatic hydroxyl groups is 1. The van der Waals surface area contributed by atoms with E-state index < -0.39 is 11.9 Å². The van der Waals surface area contributed by atoms with Crippen molar-refractivity contribution in [2.45, 2.75) is 32.3 Å². The molecule has 1 rings (SSSR count). The van der Waals surface area contributed by atoms with Gasteiger partial charge in [-0.3, -0.25) is 0 Å². The topological polar surface area (TPSA) is 107 Å². The van der Waals surface area contributed by atoms with Gasteiger partial charge in [-0.05, 0) is 18.5 Å². The molecule has 0 aliphatic rings. The van der Waals surface area contributed by atoms with Gasteiger partial charge in [0.05, 0.1) is 6.10 Å². The number of aliphatic carboxylic acids is 2. The summed E-state index contributed by atoms with van der Waals surface area (Å²) in [6.07, 6.45) is 3.31. The average molecular weight is 297 g/mol. The molecule has 0 spiro atoms. The standard InChI is InChI=1S/C13H21NO.C2H2O4/c1-2-3-7-10-14-11-13(15)12-8-5-4-6-9-12;3-1(4)2(5)6/h4-6,8-9,13-15H,2-3,7,10-11H2,1H3;(H,3,4)(H,5,6). The molecule has 1 atom stereocenters. The molecule has 118 valence electrons. The minimum absolute atomic E-state index is 0.382. The van der Waals surface area contributed by atoms with E-state index in [0.717, 1.165) is 12.1 Å². The lowest BCUT2D eigenvalue weighted by Gasteiger charge is -2.11. The minimum Gasteiger partial charge on any atom is -0.473 e. The molecule has 0 aliphatic carbocycles. The highest BCUT2D eigenvalue weighted by Gasteiger charge is 2.05. The first kappa shape index (κ1) is 19.1. The van der Waals surface area contributed by atoms with E-state index in [1.54, 1.807) is 0 Å². The number of hydrogen-bond donors (Lipinski definition) is 4. The van der Waals surface area contributed by atoms with Crippen LogP contribution < -0.4 is 5.32 Å². The van der Waals surface area contributed by atoms with Gasteiger partial charge in [0, 0.05) is 6.54 Å². The molecule has 0 radical (unpaired) electrons. The summed E-state index contributed by atoms with van der Waals surface area (Å²) in [5, 5.41) is 27.9. The zero-order chi connectivity index (χ0) is 16.1. The fourth-order valence-electron chi connectivity index (χ4n) is 1.53. The number of carboxylic acid groups (broad SMARTS) is 2. The van der Waals surface area contributed by atoms with Crippen molar-refractivity contribution in [3.8, 4) is 0 Å². The first-order valence-corrected chi connectivity index (χ1v) is 6.89. The van der Waals surface area contributed by atoms with Crippen LogP contribution >= 0.6 is 0 Å². The molecule has 0 aliphatic heterocycles. The number of carbonyl (C=O) groups is 2. The molecule has 21 heavy (non-hydrogen) atoms. The molecule has 0 bridgehead atoms. The molecule has 0 saturated heterocycles. The largest absolute Gasteiger partial charge is 0.473 e. The zero-order valence-corrected chi connectivity index (χ0v) is 12.2. The van der Waals surface area contributed by atoms with Gasteiger partial charge in [-0.25, -0.2) is 9.59 Å². The molecule has 0 amide bonds. The van der Waals surface area contributed by atoms with Gasteiger partial charge in [-0.1, -0.05) is 50.1 Å². The van der Waals surface area contributed by atoms with Gasteiger partial charge in [-0.2, -0.15) is 0 Å². The van der Waals surface area contributed by atoms with E-state index in [2.05, 4.69) is 12.2 Å². The van der Waals surface area contributed by atoms with Crippen LogP contribution in [0.4, 0.5) is 0 Å². The number of aliphatic hydroxyl groups excluding tert-OH is 1. The van der Waals surface area contributed by atoms with E-state index in [4.69, 9.17) is 19.8 Å². The van der Waals surface area contributed by atoms with Crippen LogP contribution in [0.25, 0.3) is 0 Å². The Hall–Kier alpha value is -1.92. The van der Waals surface area contributed by atoms with E-state index in [-0.39, 0.29) is 6.10 Å². The Morgan fingerprint density at radius 3 is 2.14 bits per heavy atom. The summed E-state index contributed by atoms with van der Waals surface area (Å²) in [5.41, 5.74) is 0.987. The first-order valence-electron chi connectivity index (χ1n) is 6.89. The second kappa shape index (κ2) is 11.9. The second-order valence-electron chi connectivity index (χ2n) is 4.45. The molecule has 6 heteroatoms. The number of unbranched alkanes of at least 4 members (excludes halogenated alkanes) is 2. The van der Waals surface area contributed by atoms with E-state index in [9.17, 15) is 5.11 Å². The fourth-order valence-corrected chi connectivity index (χ4v) is 1.53. The second-order valence-corrected chi connectivity index (χ2v) is 4.45. The normalized spacial score (nSPS) is 11.1. The van der Waals surface area contributed by atoms with Crippen LogP contribution in [0.15, 0.2) is 30.3 Å². The smallest absolute Gasteiger partial charge is 0.414 e. The molecule has 0 heterocycles. The van der Waals surface area contributed by atoms with Gasteiger partial charge >= 0.3 is 11.9 Å². The molecular weight excluding hydrogens is 274 g/mol. The van der Waals surface area contributed by atoms with Gasteiger partial charge in [0.1, 0.15) is 0 Å². The lowest BCUT2D eigenvalue weighted by Crippen LogP contribution is -2.22. The maximum absolute atomic E-state index is 9.81. The molecule has 6 nitrogen and oxygen atoms in total. The molecule has 1 aromatic rings. The van der Waals surface area contributed by atoms with Crippen LogP contribution in [0, 0.1) is 0 Å². The van der Waals surface area contributed by atoms with E-state index >= 15 is 0 Å². The first-order chi connectivity index (χ1) is 9.99. The van der Waals surface area contributed by atoms with Crippen molar-refractivity contribution in [3.05, 3.63) is 35.9 Å². The molecule has 4 N–H and O–H groups in total. The zero-order valence-electron chi connectivity index (χ0n) is 12.2. The van der Waals surface area contributed by atoms with Crippen molar-refractivity contribution in [3.63, 3.8) is 0 Å². The summed E-state index contributed by atoms with van der Waals surface area (Å²) in [6, 6.07) is 9.78. The summed E-state index contributed by atoms with van der Waals surface area (Å²) in [4.78, 5) is 18.2. The molecule has 0 saturated carbocycles. The van der Waals surface area contributed by atoms with E-state index in [1.807, 2.05) is 30.3 Å². The van der Waals surface area contributed by atoms with Crippen molar-refractivity contribution in [1.82, 2.24) is 5.32 Å². The van der Waals surface area contributed by atoms with E-state index in [0.29, 0.717) is 6.54 Å². The summed E-state index contributed by atoms with van der Waals surface area (Å²) < 4.78 is 0. The van der Waals surface area contributed by atoms with Gasteiger partial charge in [0.2, 0.25) is 0 Å². The Bertz CT molecular complexity index is 396. The number of nitrogens with one attached hydrogen (secondary N) is 1. The third-order valence-electron chi connectivity index (χ3n) is 2.66. The highest BCUT2D eigenvalue weighted by molar-refractivity contribution is 6.27. The predicted molar refractivity (Wildman–Crippen MR) is 79.1 cm³/mol. The molecule has 1 aromatic carbocycles. The summed E-state index contributed by atoms with van der Waals surface area (Å²) in [6.45, 7) is 3.84. The molecular formula is C15H23NO5. The highest BCUT2D eigenvalue weighted by Crippen LogP contribution is 2.10. The van der Waals surface area contributed by atoms with Crippen LogP contribution in [0.5, 0.6) is 0 Å². The Morgan fingerprint density at radius 2 is 1.67 bits per heavy atom. The van der Waals surface area contributed by atoms with Crippen LogP contribution in [-0.2, 0) is 9.59 Å². The Labute approximate surface area is 124 Å². The Kier molecular flexibility index (Phi) is 10.8. The lowest BCUT2D eigenvalue weighted by molar-refractivity contribution is -0.159. The molecule has 1 unspecified atom stereocenters.